The Morgan fingerprint density at radius 3 is 2.81 bits per heavy atom. The van der Waals surface area contributed by atoms with E-state index in [4.69, 9.17) is 14.6 Å². The monoisotopic (exact) mass is 431 g/mol. The van der Waals surface area contributed by atoms with Crippen LogP contribution < -0.4 is 9.47 Å². The predicted molar refractivity (Wildman–Crippen MR) is 119 cm³/mol. The zero-order chi connectivity index (χ0) is 22.4. The molecule has 0 unspecified atom stereocenters. The van der Waals surface area contributed by atoms with E-state index in [0.717, 1.165) is 46.5 Å². The maximum Gasteiger partial charge on any atom is 0.304 e. The first-order valence-corrected chi connectivity index (χ1v) is 10.8. The third kappa shape index (κ3) is 3.55. The summed E-state index contributed by atoms with van der Waals surface area (Å²) in [6, 6.07) is 13.7. The first-order chi connectivity index (χ1) is 15.4. The molecule has 2 aliphatic rings. The lowest BCUT2D eigenvalue weighted by atomic mass is 9.93. The maximum atomic E-state index is 11.1. The summed E-state index contributed by atoms with van der Waals surface area (Å²) >= 11 is 0. The second-order valence-corrected chi connectivity index (χ2v) is 8.58. The fourth-order valence-electron chi connectivity index (χ4n) is 5.07. The molecule has 6 heteroatoms. The van der Waals surface area contributed by atoms with Crippen LogP contribution in [-0.4, -0.2) is 27.8 Å². The van der Waals surface area contributed by atoms with Crippen molar-refractivity contribution in [2.45, 2.75) is 45.1 Å². The highest BCUT2D eigenvalue weighted by molar-refractivity contribution is 5.75. The molecule has 0 saturated carbocycles. The molecule has 32 heavy (non-hydrogen) atoms. The summed E-state index contributed by atoms with van der Waals surface area (Å²) in [5.41, 5.74) is 7.38. The lowest BCUT2D eigenvalue weighted by Gasteiger charge is -2.17. The largest absolute Gasteiger partial charge is 0.493 e. The third-order valence-corrected chi connectivity index (χ3v) is 6.43. The number of hydrogen-bond acceptors (Lipinski definition) is 5. The van der Waals surface area contributed by atoms with Crippen molar-refractivity contribution in [3.05, 3.63) is 70.4 Å². The van der Waals surface area contributed by atoms with Gasteiger partial charge in [0.2, 0.25) is 5.88 Å². The first kappa shape index (κ1) is 20.4. The molecule has 164 valence electrons. The molecule has 1 aliphatic carbocycles. The van der Waals surface area contributed by atoms with Crippen LogP contribution in [0.2, 0.25) is 0 Å². The van der Waals surface area contributed by atoms with Gasteiger partial charge < -0.3 is 19.7 Å². The number of nitrogens with zero attached hydrogens (tertiary/aromatic N) is 1. The van der Waals surface area contributed by atoms with E-state index in [0.29, 0.717) is 12.4 Å². The lowest BCUT2D eigenvalue weighted by Crippen LogP contribution is -2.07. The number of aromatic nitrogens is 1. The van der Waals surface area contributed by atoms with Crippen LogP contribution in [0, 0.1) is 13.8 Å². The number of carboxylic acid groups (broad SMARTS) is 1. The molecule has 2 N–H and O–H groups in total. The standard InChI is InChI=1S/C26H25NO5/c1-14-10-24(28)27-15(2)26(14)21-5-3-4-20-19(21)8-9-22(20)32-17-6-7-18-16(11-25(29)30)13-31-23(18)12-17/h3-7,10,12,16,22H,8-9,11,13H2,1-2H3,(H,27,28)(H,29,30)/t16-,22-/m1/s1. The number of benzene rings is 2. The Balaban J connectivity index is 1.42. The molecule has 0 bridgehead atoms. The summed E-state index contributed by atoms with van der Waals surface area (Å²) < 4.78 is 12.1. The smallest absolute Gasteiger partial charge is 0.304 e. The third-order valence-electron chi connectivity index (χ3n) is 6.43. The highest BCUT2D eigenvalue weighted by Crippen LogP contribution is 2.43. The van der Waals surface area contributed by atoms with Gasteiger partial charge in [-0.1, -0.05) is 24.3 Å². The molecule has 0 spiro atoms. The molecule has 2 heterocycles. The molecule has 0 amide bonds. The minimum Gasteiger partial charge on any atom is -0.493 e. The van der Waals surface area contributed by atoms with Crippen molar-refractivity contribution >= 4 is 5.97 Å². The van der Waals surface area contributed by atoms with Gasteiger partial charge in [-0.2, -0.15) is 0 Å². The number of aliphatic carboxylic acids is 1. The van der Waals surface area contributed by atoms with Crippen molar-refractivity contribution in [3.63, 3.8) is 0 Å². The molecule has 3 aromatic rings. The van der Waals surface area contributed by atoms with Crippen LogP contribution >= 0.6 is 0 Å². The molecular weight excluding hydrogens is 406 g/mol. The van der Waals surface area contributed by atoms with Crippen molar-refractivity contribution in [1.82, 2.24) is 4.98 Å². The van der Waals surface area contributed by atoms with Gasteiger partial charge in [0, 0.05) is 34.9 Å². The minimum absolute atomic E-state index is 0.0435. The number of aromatic hydroxyl groups is 1. The predicted octanol–water partition coefficient (Wildman–Crippen LogP) is 5.09. The molecule has 1 aliphatic heterocycles. The number of ether oxygens (including phenoxy) is 2. The number of carbonyl (C=O) groups is 1. The molecule has 2 aromatic carbocycles. The van der Waals surface area contributed by atoms with E-state index in [-0.39, 0.29) is 24.3 Å². The minimum atomic E-state index is -0.820. The molecule has 6 nitrogen and oxygen atoms in total. The van der Waals surface area contributed by atoms with Crippen molar-refractivity contribution < 1.29 is 24.5 Å². The summed E-state index contributed by atoms with van der Waals surface area (Å²) in [5.74, 6) is 0.543. The van der Waals surface area contributed by atoms with Gasteiger partial charge in [-0.15, -0.1) is 0 Å². The van der Waals surface area contributed by atoms with Crippen LogP contribution in [0.1, 0.15) is 52.8 Å². The summed E-state index contributed by atoms with van der Waals surface area (Å²) in [4.78, 5) is 15.3. The molecule has 0 fully saturated rings. The van der Waals surface area contributed by atoms with Crippen LogP contribution in [0.5, 0.6) is 17.4 Å². The van der Waals surface area contributed by atoms with Crippen LogP contribution in [0.3, 0.4) is 0 Å². The van der Waals surface area contributed by atoms with Gasteiger partial charge in [-0.25, -0.2) is 4.98 Å². The normalized spacial score (nSPS) is 18.7. The zero-order valence-electron chi connectivity index (χ0n) is 18.1. The maximum absolute atomic E-state index is 11.1. The molecule has 0 saturated heterocycles. The van der Waals surface area contributed by atoms with E-state index >= 15 is 0 Å². The van der Waals surface area contributed by atoms with Gasteiger partial charge in [-0.05, 0) is 55.0 Å². The van der Waals surface area contributed by atoms with Crippen LogP contribution in [0.15, 0.2) is 42.5 Å². The number of aryl methyl sites for hydroxylation is 2. The Kier molecular flexibility index (Phi) is 5.00. The Labute approximate surface area is 186 Å². The summed E-state index contributed by atoms with van der Waals surface area (Å²) in [6.45, 7) is 4.31. The fourth-order valence-corrected chi connectivity index (χ4v) is 5.07. The van der Waals surface area contributed by atoms with Gasteiger partial charge in [-0.3, -0.25) is 4.79 Å². The number of pyridine rings is 1. The molecule has 1 aromatic heterocycles. The number of carboxylic acids is 1. The quantitative estimate of drug-likeness (QED) is 0.585. The fraction of sp³-hybridized carbons (Fsp3) is 0.308. The molecule has 2 atom stereocenters. The van der Waals surface area contributed by atoms with Crippen LogP contribution in [0.25, 0.3) is 11.1 Å². The van der Waals surface area contributed by atoms with Gasteiger partial charge >= 0.3 is 5.97 Å². The SMILES string of the molecule is Cc1cc(O)nc(C)c1-c1cccc2c1CC[C@H]2Oc1ccc2c(c1)OC[C@H]2CC(=O)O. The van der Waals surface area contributed by atoms with Gasteiger partial charge in [0.1, 0.15) is 17.6 Å². The van der Waals surface area contributed by atoms with Gasteiger partial charge in [0.15, 0.2) is 0 Å². The van der Waals surface area contributed by atoms with E-state index in [2.05, 4.69) is 17.1 Å². The van der Waals surface area contributed by atoms with Crippen LogP contribution in [0.4, 0.5) is 0 Å². The number of rotatable bonds is 5. The van der Waals surface area contributed by atoms with E-state index in [1.165, 1.54) is 11.1 Å². The van der Waals surface area contributed by atoms with Crippen LogP contribution in [-0.2, 0) is 11.2 Å². The average molecular weight is 431 g/mol. The Morgan fingerprint density at radius 1 is 1.19 bits per heavy atom. The average Bonchev–Trinajstić information content (AvgIpc) is 3.32. The van der Waals surface area contributed by atoms with E-state index in [1.807, 2.05) is 38.1 Å². The van der Waals surface area contributed by atoms with E-state index in [1.54, 1.807) is 6.07 Å². The molecule has 5 rings (SSSR count). The Hall–Kier alpha value is -3.54. The van der Waals surface area contributed by atoms with Gasteiger partial charge in [0.05, 0.1) is 13.0 Å². The topological polar surface area (TPSA) is 88.9 Å². The summed E-state index contributed by atoms with van der Waals surface area (Å²) in [7, 11) is 0. The molecule has 0 radical (unpaired) electrons. The first-order valence-electron chi connectivity index (χ1n) is 10.8. The van der Waals surface area contributed by atoms with E-state index in [9.17, 15) is 9.90 Å². The Morgan fingerprint density at radius 2 is 2.03 bits per heavy atom. The highest BCUT2D eigenvalue weighted by Gasteiger charge is 2.30. The zero-order valence-corrected chi connectivity index (χ0v) is 18.1. The highest BCUT2D eigenvalue weighted by atomic mass is 16.5. The molecular formula is C26H25NO5. The lowest BCUT2D eigenvalue weighted by molar-refractivity contribution is -0.137. The van der Waals surface area contributed by atoms with E-state index < -0.39 is 5.97 Å². The van der Waals surface area contributed by atoms with Crippen molar-refractivity contribution in [2.75, 3.05) is 6.61 Å². The van der Waals surface area contributed by atoms with Crippen molar-refractivity contribution in [2.24, 2.45) is 0 Å². The second-order valence-electron chi connectivity index (χ2n) is 8.58. The second kappa shape index (κ2) is 7.86. The van der Waals surface area contributed by atoms with Crippen molar-refractivity contribution in [3.8, 4) is 28.5 Å². The number of fused-ring (bicyclic) bond motifs is 2. The number of hydrogen-bond donors (Lipinski definition) is 2. The van der Waals surface area contributed by atoms with Gasteiger partial charge in [0.25, 0.3) is 0 Å². The Bertz CT molecular complexity index is 1200. The summed E-state index contributed by atoms with van der Waals surface area (Å²) in [6.07, 6.45) is 1.77. The summed E-state index contributed by atoms with van der Waals surface area (Å²) in [5, 5.41) is 18.9. The van der Waals surface area contributed by atoms with Crippen molar-refractivity contribution in [1.29, 1.82) is 0 Å².